The van der Waals surface area contributed by atoms with E-state index < -0.39 is 5.54 Å². The maximum absolute atomic E-state index is 10.0. The first kappa shape index (κ1) is 10.1. The molecule has 1 aromatic heterocycles. The van der Waals surface area contributed by atoms with Gasteiger partial charge in [0.15, 0.2) is 0 Å². The molecule has 0 radical (unpaired) electrons. The standard InChI is InChI=1S/C13H13N3O/c1-13(9-5-4-8-12(13)17)16-14-10-6-2-3-7-11(10)15-16/h2-8,17H,9H2,1H3. The summed E-state index contributed by atoms with van der Waals surface area (Å²) >= 11 is 0. The predicted octanol–water partition coefficient (Wildman–Crippen LogP) is 2.55. The third kappa shape index (κ3) is 1.45. The van der Waals surface area contributed by atoms with E-state index in [4.69, 9.17) is 0 Å². The highest BCUT2D eigenvalue weighted by Gasteiger charge is 2.33. The molecular weight excluding hydrogens is 214 g/mol. The molecule has 1 aliphatic carbocycles. The van der Waals surface area contributed by atoms with Crippen molar-refractivity contribution in [1.82, 2.24) is 15.0 Å². The Bertz CT molecular complexity index is 593. The van der Waals surface area contributed by atoms with E-state index in [0.717, 1.165) is 11.0 Å². The summed E-state index contributed by atoms with van der Waals surface area (Å²) in [7, 11) is 0. The van der Waals surface area contributed by atoms with Gasteiger partial charge in [0.1, 0.15) is 22.3 Å². The number of aromatic nitrogens is 3. The van der Waals surface area contributed by atoms with Crippen molar-refractivity contribution in [3.8, 4) is 0 Å². The molecule has 86 valence electrons. The van der Waals surface area contributed by atoms with Crippen LogP contribution < -0.4 is 0 Å². The van der Waals surface area contributed by atoms with Gasteiger partial charge in [-0.3, -0.25) is 0 Å². The summed E-state index contributed by atoms with van der Waals surface area (Å²) in [4.78, 5) is 1.60. The molecule has 1 aromatic carbocycles. The first-order valence-corrected chi connectivity index (χ1v) is 5.59. The smallest absolute Gasteiger partial charge is 0.139 e. The summed E-state index contributed by atoms with van der Waals surface area (Å²) < 4.78 is 0. The molecule has 0 saturated heterocycles. The third-order valence-electron chi connectivity index (χ3n) is 3.19. The Balaban J connectivity index is 2.15. The summed E-state index contributed by atoms with van der Waals surface area (Å²) in [5.74, 6) is 0.292. The molecule has 1 heterocycles. The fraction of sp³-hybridized carbons (Fsp3) is 0.231. The van der Waals surface area contributed by atoms with Crippen LogP contribution in [-0.4, -0.2) is 20.1 Å². The first-order chi connectivity index (χ1) is 8.20. The lowest BCUT2D eigenvalue weighted by molar-refractivity contribution is 0.201. The van der Waals surface area contributed by atoms with Crippen LogP contribution in [0.3, 0.4) is 0 Å². The lowest BCUT2D eigenvalue weighted by Crippen LogP contribution is -2.35. The van der Waals surface area contributed by atoms with E-state index in [9.17, 15) is 5.11 Å². The van der Waals surface area contributed by atoms with Crippen LogP contribution in [0, 0.1) is 0 Å². The average molecular weight is 227 g/mol. The normalized spacial score (nSPS) is 23.9. The van der Waals surface area contributed by atoms with Crippen molar-refractivity contribution in [3.05, 3.63) is 48.3 Å². The molecule has 0 bridgehead atoms. The van der Waals surface area contributed by atoms with Crippen LogP contribution in [0.2, 0.25) is 0 Å². The van der Waals surface area contributed by atoms with Gasteiger partial charge in [0, 0.05) is 0 Å². The Hall–Kier alpha value is -2.10. The SMILES string of the molecule is CC1(n2nc3ccccc3n2)CC=CC=C1O. The van der Waals surface area contributed by atoms with Crippen molar-refractivity contribution in [2.75, 3.05) is 0 Å². The van der Waals surface area contributed by atoms with Gasteiger partial charge in [-0.1, -0.05) is 24.3 Å². The van der Waals surface area contributed by atoms with E-state index in [0.29, 0.717) is 12.2 Å². The van der Waals surface area contributed by atoms with Gasteiger partial charge in [0.25, 0.3) is 0 Å². The van der Waals surface area contributed by atoms with Crippen molar-refractivity contribution in [2.45, 2.75) is 18.9 Å². The number of aliphatic hydroxyl groups excluding tert-OH is 1. The van der Waals surface area contributed by atoms with Gasteiger partial charge < -0.3 is 5.11 Å². The van der Waals surface area contributed by atoms with Crippen LogP contribution >= 0.6 is 0 Å². The number of nitrogens with zero attached hydrogens (tertiary/aromatic N) is 3. The van der Waals surface area contributed by atoms with Gasteiger partial charge in [-0.05, 0) is 31.6 Å². The Labute approximate surface area is 98.9 Å². The van der Waals surface area contributed by atoms with E-state index >= 15 is 0 Å². The van der Waals surface area contributed by atoms with Crippen LogP contribution in [0.4, 0.5) is 0 Å². The molecule has 17 heavy (non-hydrogen) atoms. The van der Waals surface area contributed by atoms with E-state index in [2.05, 4.69) is 10.2 Å². The molecule has 3 rings (SSSR count). The molecule has 1 N–H and O–H groups in total. The lowest BCUT2D eigenvalue weighted by Gasteiger charge is -2.28. The number of hydrogen-bond acceptors (Lipinski definition) is 3. The molecule has 0 aliphatic heterocycles. The maximum atomic E-state index is 10.0. The number of hydrogen-bond donors (Lipinski definition) is 1. The van der Waals surface area contributed by atoms with E-state index in [1.54, 1.807) is 10.9 Å². The van der Waals surface area contributed by atoms with E-state index in [-0.39, 0.29) is 0 Å². The van der Waals surface area contributed by atoms with Gasteiger partial charge in [-0.2, -0.15) is 15.0 Å². The molecule has 1 unspecified atom stereocenters. The maximum Gasteiger partial charge on any atom is 0.139 e. The van der Waals surface area contributed by atoms with Crippen LogP contribution in [0.1, 0.15) is 13.3 Å². The zero-order valence-electron chi connectivity index (χ0n) is 9.54. The van der Waals surface area contributed by atoms with Crippen molar-refractivity contribution in [2.24, 2.45) is 0 Å². The number of aliphatic hydroxyl groups is 1. The van der Waals surface area contributed by atoms with Crippen LogP contribution in [0.25, 0.3) is 11.0 Å². The Morgan fingerprint density at radius 3 is 2.47 bits per heavy atom. The fourth-order valence-electron chi connectivity index (χ4n) is 2.01. The van der Waals surface area contributed by atoms with Gasteiger partial charge in [-0.15, -0.1) is 0 Å². The summed E-state index contributed by atoms with van der Waals surface area (Å²) in [5.41, 5.74) is 1.11. The minimum absolute atomic E-state index is 0.292. The number of rotatable bonds is 1. The molecule has 0 saturated carbocycles. The molecular formula is C13H13N3O. The van der Waals surface area contributed by atoms with Crippen LogP contribution in [0.15, 0.2) is 48.3 Å². The monoisotopic (exact) mass is 227 g/mol. The fourth-order valence-corrected chi connectivity index (χ4v) is 2.01. The van der Waals surface area contributed by atoms with Crippen molar-refractivity contribution >= 4 is 11.0 Å². The topological polar surface area (TPSA) is 50.9 Å². The largest absolute Gasteiger partial charge is 0.510 e. The van der Waals surface area contributed by atoms with E-state index in [1.807, 2.05) is 43.3 Å². The zero-order valence-corrected chi connectivity index (χ0v) is 9.54. The highest BCUT2D eigenvalue weighted by Crippen LogP contribution is 2.30. The lowest BCUT2D eigenvalue weighted by atomic mass is 9.92. The average Bonchev–Trinajstić information content (AvgIpc) is 2.77. The molecule has 1 atom stereocenters. The quantitative estimate of drug-likeness (QED) is 0.814. The van der Waals surface area contributed by atoms with E-state index in [1.165, 1.54) is 0 Å². The second-order valence-electron chi connectivity index (χ2n) is 4.44. The van der Waals surface area contributed by atoms with Gasteiger partial charge in [0.2, 0.25) is 0 Å². The molecule has 0 amide bonds. The van der Waals surface area contributed by atoms with Crippen LogP contribution in [0.5, 0.6) is 0 Å². The number of benzene rings is 1. The van der Waals surface area contributed by atoms with Crippen molar-refractivity contribution in [1.29, 1.82) is 0 Å². The molecule has 1 aliphatic rings. The minimum atomic E-state index is -0.576. The molecule has 0 fully saturated rings. The zero-order chi connectivity index (χ0) is 11.9. The van der Waals surface area contributed by atoms with Gasteiger partial charge in [0.05, 0.1) is 0 Å². The Morgan fingerprint density at radius 1 is 1.24 bits per heavy atom. The first-order valence-electron chi connectivity index (χ1n) is 5.59. The summed E-state index contributed by atoms with van der Waals surface area (Å²) in [6, 6.07) is 7.70. The predicted molar refractivity (Wildman–Crippen MR) is 65.6 cm³/mol. The van der Waals surface area contributed by atoms with Gasteiger partial charge >= 0.3 is 0 Å². The highest BCUT2D eigenvalue weighted by molar-refractivity contribution is 5.73. The summed E-state index contributed by atoms with van der Waals surface area (Å²) in [6.45, 7) is 1.93. The molecule has 4 heteroatoms. The molecule has 0 spiro atoms. The summed E-state index contributed by atoms with van der Waals surface area (Å²) in [6.07, 6.45) is 6.24. The Morgan fingerprint density at radius 2 is 1.88 bits per heavy atom. The second kappa shape index (κ2) is 3.45. The number of allylic oxidation sites excluding steroid dienone is 4. The Kier molecular flexibility index (Phi) is 2.04. The third-order valence-corrected chi connectivity index (χ3v) is 3.19. The van der Waals surface area contributed by atoms with Gasteiger partial charge in [-0.25, -0.2) is 0 Å². The molecule has 2 aromatic rings. The van der Waals surface area contributed by atoms with Crippen molar-refractivity contribution in [3.63, 3.8) is 0 Å². The second-order valence-corrected chi connectivity index (χ2v) is 4.44. The highest BCUT2D eigenvalue weighted by atomic mass is 16.3. The van der Waals surface area contributed by atoms with Crippen molar-refractivity contribution < 1.29 is 5.11 Å². The van der Waals surface area contributed by atoms with Crippen LogP contribution in [-0.2, 0) is 5.54 Å². The summed E-state index contributed by atoms with van der Waals surface area (Å²) in [5, 5.41) is 18.9. The minimum Gasteiger partial charge on any atom is -0.510 e. The number of fused-ring (bicyclic) bond motifs is 1. The molecule has 4 nitrogen and oxygen atoms in total.